The summed E-state index contributed by atoms with van der Waals surface area (Å²) in [6.45, 7) is 3.27. The number of hydrogen-bond donors (Lipinski definition) is 1. The van der Waals surface area contributed by atoms with E-state index in [2.05, 4.69) is 20.3 Å². The Kier molecular flexibility index (Phi) is 4.42. The van der Waals surface area contributed by atoms with Crippen LogP contribution in [0.2, 0.25) is 5.28 Å². The third-order valence-electron chi connectivity index (χ3n) is 4.05. The van der Waals surface area contributed by atoms with Gasteiger partial charge < -0.3 is 14.8 Å². The largest absolute Gasteiger partial charge is 0.492 e. The number of nitrogens with zero attached hydrogens (tertiary/aromatic N) is 4. The summed E-state index contributed by atoms with van der Waals surface area (Å²) in [5.41, 5.74) is 2.10. The average molecular weight is 360 g/mol. The molecule has 0 aliphatic carbocycles. The normalized spacial score (nSPS) is 17.1. The van der Waals surface area contributed by atoms with Crippen LogP contribution >= 0.6 is 11.6 Å². The molecule has 1 saturated heterocycles. The monoisotopic (exact) mass is 359 g/mol. The van der Waals surface area contributed by atoms with E-state index in [-0.39, 0.29) is 11.5 Å². The highest BCUT2D eigenvalue weighted by Crippen LogP contribution is 2.32. The van der Waals surface area contributed by atoms with E-state index >= 15 is 0 Å². The summed E-state index contributed by atoms with van der Waals surface area (Å²) in [6, 6.07) is 7.67. The fourth-order valence-electron chi connectivity index (χ4n) is 2.95. The Bertz CT molecular complexity index is 892. The van der Waals surface area contributed by atoms with E-state index in [1.807, 2.05) is 35.8 Å². The Morgan fingerprint density at radius 2 is 2.24 bits per heavy atom. The SMILES string of the molecule is CCOc1ccccc1Nc1nc(Cl)nc2c1ncn2C1CCCO1. The molecule has 0 amide bonds. The number of hydrogen-bond acceptors (Lipinski definition) is 6. The van der Waals surface area contributed by atoms with Crippen molar-refractivity contribution in [3.63, 3.8) is 0 Å². The lowest BCUT2D eigenvalue weighted by molar-refractivity contribution is 0.0593. The highest BCUT2D eigenvalue weighted by Gasteiger charge is 2.22. The Morgan fingerprint density at radius 1 is 1.36 bits per heavy atom. The van der Waals surface area contributed by atoms with Crippen LogP contribution in [-0.4, -0.2) is 32.7 Å². The van der Waals surface area contributed by atoms with Crippen LogP contribution in [-0.2, 0) is 4.74 Å². The average Bonchev–Trinajstić information content (AvgIpc) is 3.25. The second-order valence-electron chi connectivity index (χ2n) is 5.69. The minimum Gasteiger partial charge on any atom is -0.492 e. The molecular formula is C17H18ClN5O2. The van der Waals surface area contributed by atoms with E-state index in [1.165, 1.54) is 0 Å². The lowest BCUT2D eigenvalue weighted by Crippen LogP contribution is -2.07. The number of aromatic nitrogens is 4. The molecule has 0 saturated carbocycles. The summed E-state index contributed by atoms with van der Waals surface area (Å²) in [6.07, 6.45) is 3.63. The maximum atomic E-state index is 6.15. The van der Waals surface area contributed by atoms with Crippen LogP contribution < -0.4 is 10.1 Å². The van der Waals surface area contributed by atoms with Crippen LogP contribution in [0, 0.1) is 0 Å². The van der Waals surface area contributed by atoms with Crippen molar-refractivity contribution in [3.8, 4) is 5.75 Å². The van der Waals surface area contributed by atoms with Gasteiger partial charge in [0.15, 0.2) is 17.0 Å². The Labute approximate surface area is 150 Å². The molecule has 1 aromatic carbocycles. The molecule has 1 atom stereocenters. The summed E-state index contributed by atoms with van der Waals surface area (Å²) in [7, 11) is 0. The molecule has 8 heteroatoms. The van der Waals surface area contributed by atoms with Gasteiger partial charge in [0.2, 0.25) is 5.28 Å². The van der Waals surface area contributed by atoms with Crippen LogP contribution in [0.3, 0.4) is 0 Å². The molecular weight excluding hydrogens is 342 g/mol. The smallest absolute Gasteiger partial charge is 0.226 e. The Balaban J connectivity index is 1.75. The van der Waals surface area contributed by atoms with Gasteiger partial charge in [-0.25, -0.2) is 4.98 Å². The van der Waals surface area contributed by atoms with Gasteiger partial charge in [-0.3, -0.25) is 4.57 Å². The standard InChI is InChI=1S/C17H18ClN5O2/c1-2-24-12-7-4-3-6-11(12)20-15-14-16(22-17(18)21-15)23(10-19-14)13-8-5-9-25-13/h3-4,6-7,10,13H,2,5,8-9H2,1H3,(H,20,21,22). The minimum atomic E-state index is -0.0560. The van der Waals surface area contributed by atoms with Crippen molar-refractivity contribution in [2.24, 2.45) is 0 Å². The van der Waals surface area contributed by atoms with Crippen LogP contribution in [0.4, 0.5) is 11.5 Å². The van der Waals surface area contributed by atoms with Gasteiger partial charge in [-0.2, -0.15) is 9.97 Å². The molecule has 7 nitrogen and oxygen atoms in total. The van der Waals surface area contributed by atoms with Crippen LogP contribution in [0.1, 0.15) is 26.0 Å². The number of para-hydroxylation sites is 2. The fourth-order valence-corrected chi connectivity index (χ4v) is 3.11. The number of halogens is 1. The third-order valence-corrected chi connectivity index (χ3v) is 4.22. The first-order valence-electron chi connectivity index (χ1n) is 8.27. The van der Waals surface area contributed by atoms with E-state index in [0.29, 0.717) is 23.6 Å². The molecule has 1 aliphatic heterocycles. The number of imidazole rings is 1. The van der Waals surface area contributed by atoms with Crippen molar-refractivity contribution < 1.29 is 9.47 Å². The zero-order chi connectivity index (χ0) is 17.2. The highest BCUT2D eigenvalue weighted by molar-refractivity contribution is 6.28. The first-order chi connectivity index (χ1) is 12.3. The highest BCUT2D eigenvalue weighted by atomic mass is 35.5. The topological polar surface area (TPSA) is 74.1 Å². The number of ether oxygens (including phenoxy) is 2. The maximum absolute atomic E-state index is 6.15. The Morgan fingerprint density at radius 3 is 3.04 bits per heavy atom. The lowest BCUT2D eigenvalue weighted by atomic mass is 10.3. The number of rotatable bonds is 5. The van der Waals surface area contributed by atoms with Gasteiger partial charge in [-0.1, -0.05) is 12.1 Å². The van der Waals surface area contributed by atoms with Crippen molar-refractivity contribution in [1.82, 2.24) is 19.5 Å². The predicted octanol–water partition coefficient (Wildman–Crippen LogP) is 3.93. The number of nitrogens with one attached hydrogen (secondary N) is 1. The van der Waals surface area contributed by atoms with Crippen LogP contribution in [0.25, 0.3) is 11.2 Å². The van der Waals surface area contributed by atoms with Crippen molar-refractivity contribution in [3.05, 3.63) is 35.9 Å². The first-order valence-corrected chi connectivity index (χ1v) is 8.64. The van der Waals surface area contributed by atoms with Crippen molar-refractivity contribution in [1.29, 1.82) is 0 Å². The number of anilines is 2. The third kappa shape index (κ3) is 3.12. The molecule has 1 aliphatic rings. The van der Waals surface area contributed by atoms with E-state index in [0.717, 1.165) is 30.9 Å². The first kappa shape index (κ1) is 16.1. The number of benzene rings is 1. The molecule has 0 bridgehead atoms. The predicted molar refractivity (Wildman–Crippen MR) is 95.4 cm³/mol. The summed E-state index contributed by atoms with van der Waals surface area (Å²) in [4.78, 5) is 13.1. The van der Waals surface area contributed by atoms with Gasteiger partial charge in [-0.15, -0.1) is 0 Å². The molecule has 0 spiro atoms. The quantitative estimate of drug-likeness (QED) is 0.696. The van der Waals surface area contributed by atoms with E-state index < -0.39 is 0 Å². The Hall–Kier alpha value is -2.38. The van der Waals surface area contributed by atoms with Gasteiger partial charge in [0.1, 0.15) is 12.0 Å². The molecule has 0 radical (unpaired) electrons. The molecule has 4 rings (SSSR count). The zero-order valence-corrected chi connectivity index (χ0v) is 14.5. The van der Waals surface area contributed by atoms with E-state index in [4.69, 9.17) is 21.1 Å². The zero-order valence-electron chi connectivity index (χ0n) is 13.8. The van der Waals surface area contributed by atoms with Crippen molar-refractivity contribution in [2.45, 2.75) is 26.0 Å². The van der Waals surface area contributed by atoms with E-state index in [9.17, 15) is 0 Å². The van der Waals surface area contributed by atoms with Gasteiger partial charge in [0, 0.05) is 6.61 Å². The summed E-state index contributed by atoms with van der Waals surface area (Å²) in [5, 5.41) is 3.42. The molecule has 2 aromatic heterocycles. The van der Waals surface area contributed by atoms with E-state index in [1.54, 1.807) is 6.33 Å². The van der Waals surface area contributed by atoms with Gasteiger partial charge in [-0.05, 0) is 43.5 Å². The number of fused-ring (bicyclic) bond motifs is 1. The molecule has 1 N–H and O–H groups in total. The molecule has 25 heavy (non-hydrogen) atoms. The van der Waals surface area contributed by atoms with Gasteiger partial charge in [0.05, 0.1) is 18.6 Å². The molecule has 1 fully saturated rings. The molecule has 130 valence electrons. The van der Waals surface area contributed by atoms with Gasteiger partial charge in [0.25, 0.3) is 0 Å². The summed E-state index contributed by atoms with van der Waals surface area (Å²) >= 11 is 6.15. The lowest BCUT2D eigenvalue weighted by Gasteiger charge is -2.13. The molecule has 3 aromatic rings. The second kappa shape index (κ2) is 6.85. The summed E-state index contributed by atoms with van der Waals surface area (Å²) < 4.78 is 13.3. The minimum absolute atomic E-state index is 0.0560. The fraction of sp³-hybridized carbons (Fsp3) is 0.353. The molecule has 3 heterocycles. The van der Waals surface area contributed by atoms with Crippen molar-refractivity contribution in [2.75, 3.05) is 18.5 Å². The van der Waals surface area contributed by atoms with Crippen molar-refractivity contribution >= 4 is 34.3 Å². The second-order valence-corrected chi connectivity index (χ2v) is 6.03. The summed E-state index contributed by atoms with van der Waals surface area (Å²) in [5.74, 6) is 1.28. The maximum Gasteiger partial charge on any atom is 0.226 e. The van der Waals surface area contributed by atoms with Gasteiger partial charge >= 0.3 is 0 Å². The van der Waals surface area contributed by atoms with Crippen LogP contribution in [0.5, 0.6) is 5.75 Å². The van der Waals surface area contributed by atoms with Crippen LogP contribution in [0.15, 0.2) is 30.6 Å². The molecule has 1 unspecified atom stereocenters.